The molecule has 2 aromatic rings. The molecule has 1 heterocycles. The topological polar surface area (TPSA) is 97.1 Å². The van der Waals surface area contributed by atoms with E-state index in [1.165, 1.54) is 11.3 Å². The van der Waals surface area contributed by atoms with E-state index in [2.05, 4.69) is 15.6 Å². The summed E-state index contributed by atoms with van der Waals surface area (Å²) in [5.74, 6) is 0.0876. The van der Waals surface area contributed by atoms with Crippen LogP contribution in [0.5, 0.6) is 0 Å². The Morgan fingerprint density at radius 1 is 1.32 bits per heavy atom. The number of benzene rings is 1. The van der Waals surface area contributed by atoms with Crippen LogP contribution in [0.4, 0.5) is 5.69 Å². The maximum Gasteiger partial charge on any atom is 0.271 e. The van der Waals surface area contributed by atoms with E-state index < -0.39 is 0 Å². The van der Waals surface area contributed by atoms with Crippen LogP contribution < -0.4 is 16.4 Å². The smallest absolute Gasteiger partial charge is 0.271 e. The van der Waals surface area contributed by atoms with Crippen molar-refractivity contribution in [2.24, 2.45) is 11.7 Å². The second-order valence-electron chi connectivity index (χ2n) is 6.19. The molecule has 7 heteroatoms. The molecule has 4 N–H and O–H groups in total. The lowest BCUT2D eigenvalue weighted by molar-refractivity contribution is -0.116. The lowest BCUT2D eigenvalue weighted by atomic mass is 10.1. The van der Waals surface area contributed by atoms with Gasteiger partial charge < -0.3 is 16.4 Å². The summed E-state index contributed by atoms with van der Waals surface area (Å²) in [7, 11) is 0. The number of anilines is 1. The van der Waals surface area contributed by atoms with Gasteiger partial charge >= 0.3 is 0 Å². The van der Waals surface area contributed by atoms with E-state index in [0.29, 0.717) is 37.5 Å². The van der Waals surface area contributed by atoms with Crippen molar-refractivity contribution < 1.29 is 9.59 Å². The van der Waals surface area contributed by atoms with Crippen LogP contribution in [0.3, 0.4) is 0 Å². The molecule has 1 aromatic carbocycles. The van der Waals surface area contributed by atoms with E-state index in [1.807, 2.05) is 38.1 Å². The minimum absolute atomic E-state index is 0.00825. The molecule has 0 bridgehead atoms. The van der Waals surface area contributed by atoms with Crippen molar-refractivity contribution >= 4 is 28.8 Å². The minimum Gasteiger partial charge on any atom is -0.347 e. The molecular formula is C18H24N4O2S. The highest BCUT2D eigenvalue weighted by atomic mass is 32.1. The second kappa shape index (κ2) is 9.29. The van der Waals surface area contributed by atoms with Gasteiger partial charge in [0.05, 0.1) is 5.01 Å². The molecule has 0 aliphatic heterocycles. The number of nitrogens with one attached hydrogen (secondary N) is 2. The van der Waals surface area contributed by atoms with Gasteiger partial charge in [-0.05, 0) is 30.2 Å². The van der Waals surface area contributed by atoms with Crippen LogP contribution in [0.1, 0.15) is 41.3 Å². The third-order valence-corrected chi connectivity index (χ3v) is 4.31. The van der Waals surface area contributed by atoms with Gasteiger partial charge in [0.15, 0.2) is 0 Å². The number of carbonyl (C=O) groups is 2. The lowest BCUT2D eigenvalue weighted by Crippen LogP contribution is -2.23. The number of rotatable bonds is 8. The first-order valence-corrected chi connectivity index (χ1v) is 9.17. The highest BCUT2D eigenvalue weighted by molar-refractivity contribution is 7.09. The Hall–Kier alpha value is -2.25. The number of aromatic nitrogens is 1. The average Bonchev–Trinajstić information content (AvgIpc) is 3.01. The minimum atomic E-state index is -0.214. The van der Waals surface area contributed by atoms with Crippen molar-refractivity contribution in [2.45, 2.75) is 33.2 Å². The molecule has 134 valence electrons. The van der Waals surface area contributed by atoms with Gasteiger partial charge in [-0.3, -0.25) is 9.59 Å². The van der Waals surface area contributed by atoms with Crippen molar-refractivity contribution in [3.8, 4) is 0 Å². The van der Waals surface area contributed by atoms with Gasteiger partial charge in [0.25, 0.3) is 5.91 Å². The van der Waals surface area contributed by atoms with Gasteiger partial charge in [0.1, 0.15) is 5.69 Å². The summed E-state index contributed by atoms with van der Waals surface area (Å²) in [5.41, 5.74) is 7.55. The number of hydrogen-bond acceptors (Lipinski definition) is 5. The summed E-state index contributed by atoms with van der Waals surface area (Å²) in [6.45, 7) is 4.90. The van der Waals surface area contributed by atoms with E-state index in [1.54, 1.807) is 5.38 Å². The van der Waals surface area contributed by atoms with Crippen molar-refractivity contribution in [2.75, 3.05) is 11.9 Å². The predicted molar refractivity (Wildman–Crippen MR) is 101 cm³/mol. The Balaban J connectivity index is 1.90. The van der Waals surface area contributed by atoms with E-state index in [9.17, 15) is 9.59 Å². The van der Waals surface area contributed by atoms with E-state index in [-0.39, 0.29) is 11.8 Å². The predicted octanol–water partition coefficient (Wildman–Crippen LogP) is 2.56. The van der Waals surface area contributed by atoms with Crippen molar-refractivity contribution in [1.29, 1.82) is 0 Å². The molecule has 0 spiro atoms. The molecule has 0 radical (unpaired) electrons. The highest BCUT2D eigenvalue weighted by Crippen LogP contribution is 2.13. The Kier molecular flexibility index (Phi) is 7.09. The van der Waals surface area contributed by atoms with Crippen LogP contribution in [0, 0.1) is 5.92 Å². The van der Waals surface area contributed by atoms with Crippen LogP contribution in [0.25, 0.3) is 0 Å². The summed E-state index contributed by atoms with van der Waals surface area (Å²) >= 11 is 1.44. The summed E-state index contributed by atoms with van der Waals surface area (Å²) in [5, 5.41) is 8.32. The molecule has 0 saturated heterocycles. The molecule has 0 unspecified atom stereocenters. The maximum atomic E-state index is 12.2. The van der Waals surface area contributed by atoms with E-state index in [0.717, 1.165) is 16.3 Å². The third-order valence-electron chi connectivity index (χ3n) is 3.40. The van der Waals surface area contributed by atoms with Gasteiger partial charge in [0.2, 0.25) is 5.91 Å². The molecule has 6 nitrogen and oxygen atoms in total. The first kappa shape index (κ1) is 19.1. The zero-order valence-corrected chi connectivity index (χ0v) is 15.4. The summed E-state index contributed by atoms with van der Waals surface area (Å²) < 4.78 is 0. The highest BCUT2D eigenvalue weighted by Gasteiger charge is 2.10. The molecule has 1 aromatic heterocycles. The zero-order valence-electron chi connectivity index (χ0n) is 14.5. The fourth-order valence-electron chi connectivity index (χ4n) is 2.27. The molecular weight excluding hydrogens is 336 g/mol. The first-order valence-electron chi connectivity index (χ1n) is 8.29. The van der Waals surface area contributed by atoms with Crippen molar-refractivity contribution in [3.05, 3.63) is 45.9 Å². The quantitative estimate of drug-likeness (QED) is 0.674. The largest absolute Gasteiger partial charge is 0.347 e. The molecule has 0 aliphatic rings. The van der Waals surface area contributed by atoms with Gasteiger partial charge in [-0.2, -0.15) is 0 Å². The SMILES string of the molecule is CC(C)CC(=O)Nc1cccc(CNC(=O)c2csc(CCN)n2)c1. The number of nitrogens with two attached hydrogens (primary N) is 1. The Morgan fingerprint density at radius 2 is 2.12 bits per heavy atom. The zero-order chi connectivity index (χ0) is 18.2. The standard InChI is InChI=1S/C18H24N4O2S/c1-12(2)8-16(23)21-14-5-3-4-13(9-14)10-20-18(24)15-11-25-17(22-15)6-7-19/h3-5,9,11-12H,6-8,10,19H2,1-2H3,(H,20,24)(H,21,23). The third kappa shape index (κ3) is 6.28. The lowest BCUT2D eigenvalue weighted by Gasteiger charge is -2.09. The fourth-order valence-corrected chi connectivity index (χ4v) is 3.06. The van der Waals surface area contributed by atoms with Crippen LogP contribution in [0.15, 0.2) is 29.6 Å². The molecule has 0 atom stereocenters. The monoisotopic (exact) mass is 360 g/mol. The summed E-state index contributed by atoms with van der Waals surface area (Å²) in [6, 6.07) is 7.45. The molecule has 2 amide bonds. The van der Waals surface area contributed by atoms with Gasteiger partial charge in [0, 0.05) is 30.5 Å². The second-order valence-corrected chi connectivity index (χ2v) is 7.14. The average molecular weight is 360 g/mol. The maximum absolute atomic E-state index is 12.2. The number of carbonyl (C=O) groups excluding carboxylic acids is 2. The molecule has 25 heavy (non-hydrogen) atoms. The molecule has 0 saturated carbocycles. The van der Waals surface area contributed by atoms with E-state index in [4.69, 9.17) is 5.73 Å². The van der Waals surface area contributed by atoms with E-state index >= 15 is 0 Å². The number of nitrogens with zero attached hydrogens (tertiary/aromatic N) is 1. The number of amides is 2. The van der Waals surface area contributed by atoms with Crippen LogP contribution >= 0.6 is 11.3 Å². The van der Waals surface area contributed by atoms with Crippen LogP contribution in [-0.2, 0) is 17.8 Å². The fraction of sp³-hybridized carbons (Fsp3) is 0.389. The number of hydrogen-bond donors (Lipinski definition) is 3. The van der Waals surface area contributed by atoms with Crippen molar-refractivity contribution in [1.82, 2.24) is 10.3 Å². The summed E-state index contributed by atoms with van der Waals surface area (Å²) in [4.78, 5) is 28.3. The normalized spacial score (nSPS) is 10.7. The molecule has 2 rings (SSSR count). The van der Waals surface area contributed by atoms with Crippen LogP contribution in [-0.4, -0.2) is 23.3 Å². The van der Waals surface area contributed by atoms with Crippen molar-refractivity contribution in [3.63, 3.8) is 0 Å². The summed E-state index contributed by atoms with van der Waals surface area (Å²) in [6.07, 6.45) is 1.16. The van der Waals surface area contributed by atoms with Gasteiger partial charge in [-0.1, -0.05) is 26.0 Å². The molecule has 0 fully saturated rings. The molecule has 0 aliphatic carbocycles. The Labute approximate surface area is 151 Å². The van der Waals surface area contributed by atoms with Crippen LogP contribution in [0.2, 0.25) is 0 Å². The van der Waals surface area contributed by atoms with Gasteiger partial charge in [-0.15, -0.1) is 11.3 Å². The van der Waals surface area contributed by atoms with Gasteiger partial charge in [-0.25, -0.2) is 4.98 Å². The Morgan fingerprint density at radius 3 is 2.84 bits per heavy atom. The Bertz CT molecular complexity index is 727. The number of thiazole rings is 1. The first-order chi connectivity index (χ1) is 12.0.